The first-order valence-electron chi connectivity index (χ1n) is 5.40. The Morgan fingerprint density at radius 3 is 2.83 bits per heavy atom. The summed E-state index contributed by atoms with van der Waals surface area (Å²) >= 11 is 3.40. The molecule has 0 spiro atoms. The van der Waals surface area contributed by atoms with Crippen LogP contribution in [0.2, 0.25) is 0 Å². The smallest absolute Gasteiger partial charge is 0.354 e. The summed E-state index contributed by atoms with van der Waals surface area (Å²) in [6, 6.07) is 5.69. The van der Waals surface area contributed by atoms with Crippen LogP contribution in [0.1, 0.15) is 16.1 Å². The van der Waals surface area contributed by atoms with E-state index in [-0.39, 0.29) is 6.54 Å². The van der Waals surface area contributed by atoms with E-state index in [4.69, 9.17) is 4.74 Å². The van der Waals surface area contributed by atoms with Crippen LogP contribution in [0, 0.1) is 6.92 Å². The van der Waals surface area contributed by atoms with Crippen molar-refractivity contribution in [3.8, 4) is 0 Å². The molecule has 94 valence electrons. The molecule has 0 N–H and O–H groups in total. The van der Waals surface area contributed by atoms with Crippen molar-refractivity contribution >= 4 is 39.1 Å². The van der Waals surface area contributed by atoms with Crippen LogP contribution in [0.25, 0.3) is 10.9 Å². The van der Waals surface area contributed by atoms with Crippen molar-refractivity contribution in [2.75, 3.05) is 7.11 Å². The summed E-state index contributed by atoms with van der Waals surface area (Å²) in [6.45, 7) is 1.98. The zero-order chi connectivity index (χ0) is 13.3. The molecule has 1 aromatic heterocycles. The van der Waals surface area contributed by atoms with Gasteiger partial charge in [-0.15, -0.1) is 0 Å². The van der Waals surface area contributed by atoms with Gasteiger partial charge < -0.3 is 14.1 Å². The second-order valence-corrected chi connectivity index (χ2v) is 4.82. The van der Waals surface area contributed by atoms with Crippen molar-refractivity contribution in [2.24, 2.45) is 0 Å². The normalized spacial score (nSPS) is 10.6. The minimum atomic E-state index is -0.429. The Balaban J connectivity index is 2.82. The topological polar surface area (TPSA) is 48.3 Å². The quantitative estimate of drug-likeness (QED) is 0.647. The van der Waals surface area contributed by atoms with Crippen LogP contribution in [-0.4, -0.2) is 23.9 Å². The highest BCUT2D eigenvalue weighted by Crippen LogP contribution is 2.28. The molecule has 0 bridgehead atoms. The summed E-state index contributed by atoms with van der Waals surface area (Å²) in [6.07, 6.45) is 0.771. The fourth-order valence-corrected chi connectivity index (χ4v) is 2.48. The summed E-state index contributed by atoms with van der Waals surface area (Å²) in [5.41, 5.74) is 2.10. The summed E-state index contributed by atoms with van der Waals surface area (Å²) in [5, 5.41) is 0.937. The number of aldehydes is 1. The molecule has 2 rings (SSSR count). The highest BCUT2D eigenvalue weighted by molar-refractivity contribution is 9.10. The Morgan fingerprint density at radius 1 is 1.50 bits per heavy atom. The Morgan fingerprint density at radius 2 is 2.22 bits per heavy atom. The van der Waals surface area contributed by atoms with Gasteiger partial charge in [0, 0.05) is 15.4 Å². The van der Waals surface area contributed by atoms with Crippen molar-refractivity contribution in [2.45, 2.75) is 13.5 Å². The first kappa shape index (κ1) is 12.8. The number of hydrogen-bond acceptors (Lipinski definition) is 3. The van der Waals surface area contributed by atoms with E-state index in [2.05, 4.69) is 15.9 Å². The number of fused-ring (bicyclic) bond motifs is 1. The van der Waals surface area contributed by atoms with Gasteiger partial charge in [-0.05, 0) is 30.7 Å². The lowest BCUT2D eigenvalue weighted by molar-refractivity contribution is -0.108. The number of nitrogens with zero attached hydrogens (tertiary/aromatic N) is 1. The molecule has 0 aliphatic rings. The maximum atomic E-state index is 11.8. The molecule has 0 aliphatic heterocycles. The van der Waals surface area contributed by atoms with Gasteiger partial charge in [0.05, 0.1) is 13.7 Å². The lowest BCUT2D eigenvalue weighted by Gasteiger charge is -2.05. The summed E-state index contributed by atoms with van der Waals surface area (Å²) < 4.78 is 7.38. The van der Waals surface area contributed by atoms with Gasteiger partial charge in [0.25, 0.3) is 0 Å². The largest absolute Gasteiger partial charge is 0.464 e. The van der Waals surface area contributed by atoms with Gasteiger partial charge in [-0.2, -0.15) is 0 Å². The third-order valence-electron chi connectivity index (χ3n) is 2.91. The molecule has 0 saturated carbocycles. The number of carbonyl (C=O) groups excluding carboxylic acids is 2. The average Bonchev–Trinajstić information content (AvgIpc) is 2.62. The molecule has 0 atom stereocenters. The monoisotopic (exact) mass is 309 g/mol. The highest BCUT2D eigenvalue weighted by Gasteiger charge is 2.20. The van der Waals surface area contributed by atoms with Crippen LogP contribution in [0.3, 0.4) is 0 Å². The van der Waals surface area contributed by atoms with Gasteiger partial charge >= 0.3 is 5.97 Å². The van der Waals surface area contributed by atoms with Crippen molar-refractivity contribution in [3.63, 3.8) is 0 Å². The molecule has 2 aromatic rings. The van der Waals surface area contributed by atoms with Gasteiger partial charge in [0.1, 0.15) is 12.0 Å². The summed E-state index contributed by atoms with van der Waals surface area (Å²) in [5.74, 6) is -0.429. The SMILES string of the molecule is COC(=O)c1c(C)c2cc(Br)ccc2n1CC=O. The first-order valence-corrected chi connectivity index (χ1v) is 6.19. The van der Waals surface area contributed by atoms with E-state index < -0.39 is 5.97 Å². The molecule has 0 unspecified atom stereocenters. The van der Waals surface area contributed by atoms with E-state index in [1.54, 1.807) is 4.57 Å². The van der Waals surface area contributed by atoms with Crippen LogP contribution < -0.4 is 0 Å². The summed E-state index contributed by atoms with van der Waals surface area (Å²) in [4.78, 5) is 22.6. The molecule has 0 radical (unpaired) electrons. The highest BCUT2D eigenvalue weighted by atomic mass is 79.9. The third kappa shape index (κ3) is 1.95. The van der Waals surface area contributed by atoms with Crippen LogP contribution in [0.4, 0.5) is 0 Å². The number of hydrogen-bond donors (Lipinski definition) is 0. The summed E-state index contributed by atoms with van der Waals surface area (Å²) in [7, 11) is 1.33. The van der Waals surface area contributed by atoms with E-state index in [0.717, 1.165) is 27.2 Å². The molecule has 1 heterocycles. The van der Waals surface area contributed by atoms with Crippen molar-refractivity contribution in [1.82, 2.24) is 4.57 Å². The fourth-order valence-electron chi connectivity index (χ4n) is 2.12. The van der Waals surface area contributed by atoms with E-state index in [1.807, 2.05) is 25.1 Å². The molecule has 5 heteroatoms. The van der Waals surface area contributed by atoms with E-state index in [0.29, 0.717) is 5.69 Å². The van der Waals surface area contributed by atoms with Crippen molar-refractivity contribution < 1.29 is 14.3 Å². The standard InChI is InChI=1S/C13H12BrNO3/c1-8-10-7-9(14)3-4-11(10)15(5-6-16)12(8)13(17)18-2/h3-4,6-7H,5H2,1-2H3. The van der Waals surface area contributed by atoms with Crippen LogP contribution in [-0.2, 0) is 16.1 Å². The lowest BCUT2D eigenvalue weighted by atomic mass is 10.1. The first-order chi connectivity index (χ1) is 8.60. The van der Waals surface area contributed by atoms with E-state index in [9.17, 15) is 9.59 Å². The van der Waals surface area contributed by atoms with Gasteiger partial charge in [-0.3, -0.25) is 0 Å². The van der Waals surface area contributed by atoms with Crippen LogP contribution in [0.5, 0.6) is 0 Å². The van der Waals surface area contributed by atoms with Crippen LogP contribution in [0.15, 0.2) is 22.7 Å². The maximum Gasteiger partial charge on any atom is 0.354 e. The van der Waals surface area contributed by atoms with Crippen LogP contribution >= 0.6 is 15.9 Å². The Labute approximate surface area is 113 Å². The minimum Gasteiger partial charge on any atom is -0.464 e. The number of aryl methyl sites for hydroxylation is 1. The number of aromatic nitrogens is 1. The van der Waals surface area contributed by atoms with Gasteiger partial charge in [0.2, 0.25) is 0 Å². The van der Waals surface area contributed by atoms with Crippen molar-refractivity contribution in [1.29, 1.82) is 0 Å². The molecule has 0 saturated heterocycles. The zero-order valence-electron chi connectivity index (χ0n) is 10.1. The molecule has 0 aliphatic carbocycles. The Bertz CT molecular complexity index is 631. The second-order valence-electron chi connectivity index (χ2n) is 3.90. The number of ether oxygens (including phenoxy) is 1. The Hall–Kier alpha value is -1.62. The molecular weight excluding hydrogens is 298 g/mol. The number of halogens is 1. The number of rotatable bonds is 3. The molecule has 0 amide bonds. The second kappa shape index (κ2) is 4.94. The number of benzene rings is 1. The number of carbonyl (C=O) groups is 2. The third-order valence-corrected chi connectivity index (χ3v) is 3.41. The van der Waals surface area contributed by atoms with Crippen molar-refractivity contribution in [3.05, 3.63) is 33.9 Å². The molecule has 0 fully saturated rings. The van der Waals surface area contributed by atoms with E-state index in [1.165, 1.54) is 7.11 Å². The van der Waals surface area contributed by atoms with Gasteiger partial charge in [0.15, 0.2) is 0 Å². The molecule has 18 heavy (non-hydrogen) atoms. The van der Waals surface area contributed by atoms with Gasteiger partial charge in [-0.25, -0.2) is 4.79 Å². The maximum absolute atomic E-state index is 11.8. The predicted octanol–water partition coefficient (Wildman–Crippen LogP) is 2.70. The molecular formula is C13H12BrNO3. The van der Waals surface area contributed by atoms with Gasteiger partial charge in [-0.1, -0.05) is 15.9 Å². The minimum absolute atomic E-state index is 0.135. The number of methoxy groups -OCH3 is 1. The van der Waals surface area contributed by atoms with E-state index >= 15 is 0 Å². The molecule has 4 nitrogen and oxygen atoms in total. The lowest BCUT2D eigenvalue weighted by Crippen LogP contribution is -2.12. The number of esters is 1. The fraction of sp³-hybridized carbons (Fsp3) is 0.231. The average molecular weight is 310 g/mol. The molecule has 1 aromatic carbocycles. The predicted molar refractivity (Wildman–Crippen MR) is 71.8 cm³/mol. The zero-order valence-corrected chi connectivity index (χ0v) is 11.7. The Kier molecular flexibility index (Phi) is 3.52.